The number of aromatic nitrogens is 1. The van der Waals surface area contributed by atoms with Gasteiger partial charge in [0.25, 0.3) is 0 Å². The molecule has 0 radical (unpaired) electrons. The zero-order valence-corrected chi connectivity index (χ0v) is 9.04. The van der Waals surface area contributed by atoms with Crippen LogP contribution in [-0.4, -0.2) is 17.4 Å². The van der Waals surface area contributed by atoms with Gasteiger partial charge < -0.3 is 11.1 Å². The first-order valence-corrected chi connectivity index (χ1v) is 4.72. The van der Waals surface area contributed by atoms with Gasteiger partial charge in [-0.3, -0.25) is 4.79 Å². The van der Waals surface area contributed by atoms with Crippen molar-refractivity contribution >= 4 is 27.7 Å². The Morgan fingerprint density at radius 2 is 2.36 bits per heavy atom. The molecular formula is C9H10BrN3O. The van der Waals surface area contributed by atoms with Crippen molar-refractivity contribution in [2.75, 3.05) is 11.9 Å². The molecule has 1 aromatic rings. The topological polar surface area (TPSA) is 68.0 Å². The number of halogens is 1. The number of carbonyl (C=O) groups is 1. The van der Waals surface area contributed by atoms with E-state index in [9.17, 15) is 4.79 Å². The maximum absolute atomic E-state index is 10.7. The van der Waals surface area contributed by atoms with E-state index in [1.165, 1.54) is 6.20 Å². The van der Waals surface area contributed by atoms with Crippen molar-refractivity contribution in [3.8, 4) is 0 Å². The van der Waals surface area contributed by atoms with Crippen LogP contribution in [0.3, 0.4) is 0 Å². The van der Waals surface area contributed by atoms with E-state index >= 15 is 0 Å². The first kappa shape index (κ1) is 10.7. The van der Waals surface area contributed by atoms with E-state index in [-0.39, 0.29) is 0 Å². The van der Waals surface area contributed by atoms with Crippen LogP contribution in [0.5, 0.6) is 0 Å². The Hall–Kier alpha value is -1.36. The normalized spacial score (nSPS) is 9.50. The summed E-state index contributed by atoms with van der Waals surface area (Å²) >= 11 is 3.21. The molecule has 0 atom stereocenters. The number of nitrogens with zero attached hydrogens (tertiary/aromatic N) is 1. The van der Waals surface area contributed by atoms with Crippen LogP contribution in [0.4, 0.5) is 5.82 Å². The molecule has 0 spiro atoms. The molecule has 0 saturated heterocycles. The van der Waals surface area contributed by atoms with E-state index < -0.39 is 5.91 Å². The van der Waals surface area contributed by atoms with Crippen molar-refractivity contribution in [2.45, 2.75) is 0 Å². The van der Waals surface area contributed by atoms with E-state index in [4.69, 9.17) is 5.73 Å². The zero-order chi connectivity index (χ0) is 10.6. The molecule has 1 aromatic heterocycles. The summed E-state index contributed by atoms with van der Waals surface area (Å²) in [6, 6.07) is 3.31. The number of hydrogen-bond acceptors (Lipinski definition) is 3. The smallest absolute Gasteiger partial charge is 0.250 e. The number of primary amides is 1. The van der Waals surface area contributed by atoms with Crippen LogP contribution in [0, 0.1) is 0 Å². The minimum Gasteiger partial charge on any atom is -0.366 e. The van der Waals surface area contributed by atoms with Crippen LogP contribution in [0.25, 0.3) is 0 Å². The maximum Gasteiger partial charge on any atom is 0.250 e. The number of nitrogens with one attached hydrogen (secondary N) is 1. The van der Waals surface area contributed by atoms with Crippen LogP contribution in [0.2, 0.25) is 0 Å². The van der Waals surface area contributed by atoms with Crippen LogP contribution in [0.15, 0.2) is 29.4 Å². The lowest BCUT2D eigenvalue weighted by Crippen LogP contribution is -2.11. The predicted octanol–water partition coefficient (Wildman–Crippen LogP) is 1.50. The lowest BCUT2D eigenvalue weighted by atomic mass is 10.3. The predicted molar refractivity (Wildman–Crippen MR) is 59.3 cm³/mol. The van der Waals surface area contributed by atoms with Crippen molar-refractivity contribution in [1.29, 1.82) is 0 Å². The second kappa shape index (κ2) is 4.76. The molecule has 4 nitrogen and oxygen atoms in total. The Balaban J connectivity index is 2.64. The molecule has 0 bridgehead atoms. The van der Waals surface area contributed by atoms with Crippen molar-refractivity contribution in [3.05, 3.63) is 35.0 Å². The van der Waals surface area contributed by atoms with E-state index in [1.54, 1.807) is 12.1 Å². The zero-order valence-electron chi connectivity index (χ0n) is 7.46. The van der Waals surface area contributed by atoms with Gasteiger partial charge in [-0.15, -0.1) is 0 Å². The molecule has 0 saturated carbocycles. The number of rotatable bonds is 4. The summed E-state index contributed by atoms with van der Waals surface area (Å²) in [6.07, 6.45) is 1.43. The summed E-state index contributed by atoms with van der Waals surface area (Å²) in [5.74, 6) is 0.199. The van der Waals surface area contributed by atoms with Gasteiger partial charge in [0.2, 0.25) is 5.91 Å². The molecule has 3 N–H and O–H groups in total. The third-order valence-electron chi connectivity index (χ3n) is 1.51. The largest absolute Gasteiger partial charge is 0.366 e. The number of anilines is 1. The van der Waals surface area contributed by atoms with Gasteiger partial charge in [0, 0.05) is 17.2 Å². The van der Waals surface area contributed by atoms with Crippen molar-refractivity contribution in [2.24, 2.45) is 5.73 Å². The third-order valence-corrected chi connectivity index (χ3v) is 1.79. The fourth-order valence-electron chi connectivity index (χ4n) is 0.831. The average molecular weight is 256 g/mol. The fraction of sp³-hybridized carbons (Fsp3) is 0.111. The van der Waals surface area contributed by atoms with Crippen LogP contribution in [0.1, 0.15) is 10.4 Å². The standard InChI is InChI=1S/C9H10BrN3O/c1-6(10)4-12-8-3-2-7(5-13-8)9(11)14/h2-3,5H,1,4H2,(H2,11,14)(H,12,13). The molecule has 5 heteroatoms. The van der Waals surface area contributed by atoms with Gasteiger partial charge in [-0.05, 0) is 12.1 Å². The molecule has 0 aliphatic heterocycles. The molecule has 74 valence electrons. The van der Waals surface area contributed by atoms with Gasteiger partial charge in [0.1, 0.15) is 5.82 Å². The molecule has 0 unspecified atom stereocenters. The summed E-state index contributed by atoms with van der Waals surface area (Å²) in [5.41, 5.74) is 5.46. The lowest BCUT2D eigenvalue weighted by Gasteiger charge is -2.03. The van der Waals surface area contributed by atoms with Gasteiger partial charge in [-0.25, -0.2) is 4.98 Å². The van der Waals surface area contributed by atoms with Crippen molar-refractivity contribution < 1.29 is 4.79 Å². The summed E-state index contributed by atoms with van der Waals surface area (Å²) in [7, 11) is 0. The Labute approximate surface area is 90.3 Å². The summed E-state index contributed by atoms with van der Waals surface area (Å²) < 4.78 is 0.832. The fourth-order valence-corrected chi connectivity index (χ4v) is 0.971. The van der Waals surface area contributed by atoms with Crippen LogP contribution >= 0.6 is 15.9 Å². The van der Waals surface area contributed by atoms with Gasteiger partial charge >= 0.3 is 0 Å². The third kappa shape index (κ3) is 3.18. The number of pyridine rings is 1. The summed E-state index contributed by atoms with van der Waals surface area (Å²) in [6.45, 7) is 4.25. The monoisotopic (exact) mass is 255 g/mol. The number of hydrogen-bond donors (Lipinski definition) is 2. The Morgan fingerprint density at radius 3 is 2.79 bits per heavy atom. The highest BCUT2D eigenvalue weighted by atomic mass is 79.9. The Bertz CT molecular complexity index is 348. The minimum absolute atomic E-state index is 0.396. The number of nitrogens with two attached hydrogens (primary N) is 1. The molecule has 1 amide bonds. The van der Waals surface area contributed by atoms with Crippen molar-refractivity contribution in [1.82, 2.24) is 4.98 Å². The second-order valence-corrected chi connectivity index (χ2v) is 3.79. The lowest BCUT2D eigenvalue weighted by molar-refractivity contribution is 0.1000. The first-order valence-electron chi connectivity index (χ1n) is 3.92. The Kier molecular flexibility index (Phi) is 3.64. The van der Waals surface area contributed by atoms with Gasteiger partial charge in [0.05, 0.1) is 5.56 Å². The SMILES string of the molecule is C=C(Br)CNc1ccc(C(N)=O)cn1. The molecule has 1 rings (SSSR count). The highest BCUT2D eigenvalue weighted by Gasteiger charge is 2.00. The molecule has 14 heavy (non-hydrogen) atoms. The van der Waals surface area contributed by atoms with Crippen LogP contribution < -0.4 is 11.1 Å². The average Bonchev–Trinajstić information content (AvgIpc) is 2.15. The minimum atomic E-state index is -0.478. The highest BCUT2D eigenvalue weighted by molar-refractivity contribution is 9.11. The van der Waals surface area contributed by atoms with Crippen molar-refractivity contribution in [3.63, 3.8) is 0 Å². The van der Waals surface area contributed by atoms with Gasteiger partial charge in [-0.1, -0.05) is 22.5 Å². The number of carbonyl (C=O) groups excluding carboxylic acids is 1. The van der Waals surface area contributed by atoms with Gasteiger partial charge in [-0.2, -0.15) is 0 Å². The maximum atomic E-state index is 10.7. The van der Waals surface area contributed by atoms with Gasteiger partial charge in [0.15, 0.2) is 0 Å². The molecule has 0 aromatic carbocycles. The van der Waals surface area contributed by atoms with Crippen LogP contribution in [-0.2, 0) is 0 Å². The molecular weight excluding hydrogens is 246 g/mol. The first-order chi connectivity index (χ1) is 6.59. The van der Waals surface area contributed by atoms with E-state index in [0.717, 1.165) is 4.48 Å². The van der Waals surface area contributed by atoms with E-state index in [2.05, 4.69) is 32.8 Å². The highest BCUT2D eigenvalue weighted by Crippen LogP contribution is 2.06. The van der Waals surface area contributed by atoms with E-state index in [0.29, 0.717) is 17.9 Å². The molecule has 0 aliphatic carbocycles. The van der Waals surface area contributed by atoms with E-state index in [1.807, 2.05) is 0 Å². The molecule has 0 aliphatic rings. The summed E-state index contributed by atoms with van der Waals surface area (Å²) in [4.78, 5) is 14.7. The number of amides is 1. The Morgan fingerprint density at radius 1 is 1.64 bits per heavy atom. The second-order valence-electron chi connectivity index (χ2n) is 2.67. The molecule has 1 heterocycles. The quantitative estimate of drug-likeness (QED) is 0.857. The molecule has 0 fully saturated rings. The summed E-state index contributed by atoms with van der Waals surface area (Å²) in [5, 5.41) is 3.00.